The van der Waals surface area contributed by atoms with Crippen LogP contribution in [-0.4, -0.2) is 0 Å². The monoisotopic (exact) mass is 265 g/mol. The van der Waals surface area contributed by atoms with E-state index in [9.17, 15) is 4.39 Å². The molecule has 0 bridgehead atoms. The second-order valence-electron chi connectivity index (χ2n) is 5.00. The Kier molecular flexibility index (Phi) is 3.38. The smallest absolute Gasteiger partial charge is 0.123 e. The lowest BCUT2D eigenvalue weighted by Gasteiger charge is -2.24. The van der Waals surface area contributed by atoms with E-state index in [0.717, 1.165) is 16.7 Å². The molecule has 100 valence electrons. The minimum Gasteiger partial charge on any atom is -0.380 e. The Morgan fingerprint density at radius 2 is 1.85 bits per heavy atom. The summed E-state index contributed by atoms with van der Waals surface area (Å²) in [5.41, 5.74) is 4.47. The van der Waals surface area contributed by atoms with Gasteiger partial charge < -0.3 is 5.32 Å². The molecule has 2 heteroatoms. The van der Waals surface area contributed by atoms with Crippen molar-refractivity contribution >= 4 is 5.57 Å². The van der Waals surface area contributed by atoms with E-state index in [1.807, 2.05) is 18.3 Å². The maximum atomic E-state index is 13.4. The van der Waals surface area contributed by atoms with E-state index in [0.29, 0.717) is 0 Å². The molecule has 1 heterocycles. The van der Waals surface area contributed by atoms with E-state index >= 15 is 0 Å². The van der Waals surface area contributed by atoms with Crippen LogP contribution in [0.15, 0.2) is 66.9 Å². The van der Waals surface area contributed by atoms with Crippen LogP contribution in [0.4, 0.5) is 4.39 Å². The van der Waals surface area contributed by atoms with E-state index in [1.165, 1.54) is 11.6 Å². The molecular weight excluding hydrogens is 249 g/mol. The Balaban J connectivity index is 2.01. The molecule has 20 heavy (non-hydrogen) atoms. The molecule has 2 aromatic carbocycles. The molecule has 1 aliphatic rings. The van der Waals surface area contributed by atoms with Crippen LogP contribution < -0.4 is 5.32 Å². The average Bonchev–Trinajstić information content (AvgIpc) is 2.48. The molecule has 0 fully saturated rings. The van der Waals surface area contributed by atoms with Gasteiger partial charge >= 0.3 is 0 Å². The molecule has 1 N–H and O–H groups in total. The Labute approximate surface area is 118 Å². The number of benzene rings is 2. The highest BCUT2D eigenvalue weighted by Gasteiger charge is 2.18. The van der Waals surface area contributed by atoms with Gasteiger partial charge in [-0.2, -0.15) is 0 Å². The van der Waals surface area contributed by atoms with Crippen LogP contribution in [0.1, 0.15) is 22.7 Å². The molecule has 1 atom stereocenters. The summed E-state index contributed by atoms with van der Waals surface area (Å²) in [5.74, 6) is -0.206. The fourth-order valence-corrected chi connectivity index (χ4v) is 2.46. The molecule has 1 aliphatic heterocycles. The Hall–Kier alpha value is -2.35. The molecule has 0 saturated carbocycles. The van der Waals surface area contributed by atoms with Crippen LogP contribution in [0.3, 0.4) is 0 Å². The number of nitrogens with one attached hydrogen (secondary N) is 1. The normalized spacial score (nSPS) is 17.5. The first-order valence-electron chi connectivity index (χ1n) is 6.69. The average molecular weight is 265 g/mol. The lowest BCUT2D eigenvalue weighted by Crippen LogP contribution is -2.19. The molecule has 3 rings (SSSR count). The quantitative estimate of drug-likeness (QED) is 0.850. The van der Waals surface area contributed by atoms with Crippen LogP contribution in [-0.2, 0) is 0 Å². The van der Waals surface area contributed by atoms with Gasteiger partial charge in [-0.3, -0.25) is 0 Å². The predicted molar refractivity (Wildman–Crippen MR) is 80.6 cm³/mol. The second kappa shape index (κ2) is 5.33. The zero-order valence-corrected chi connectivity index (χ0v) is 11.3. The van der Waals surface area contributed by atoms with E-state index in [1.54, 1.807) is 12.1 Å². The molecule has 1 nitrogen and oxygen atoms in total. The van der Waals surface area contributed by atoms with Crippen molar-refractivity contribution in [1.82, 2.24) is 5.32 Å². The highest BCUT2D eigenvalue weighted by atomic mass is 19.1. The summed E-state index contributed by atoms with van der Waals surface area (Å²) in [4.78, 5) is 0. The zero-order chi connectivity index (χ0) is 13.9. The number of aryl methyl sites for hydroxylation is 1. The van der Waals surface area contributed by atoms with Crippen molar-refractivity contribution in [3.8, 4) is 0 Å². The van der Waals surface area contributed by atoms with Gasteiger partial charge in [-0.25, -0.2) is 4.39 Å². The topological polar surface area (TPSA) is 12.0 Å². The second-order valence-corrected chi connectivity index (χ2v) is 5.00. The standard InChI is InChI=1S/C18H16FN/c1-13-7-9-14(10-8-13)17-6-3-11-20-18(17)15-4-2-5-16(19)12-15/h2-12,18,20H,1H3. The summed E-state index contributed by atoms with van der Waals surface area (Å²) < 4.78 is 13.4. The first-order chi connectivity index (χ1) is 9.74. The van der Waals surface area contributed by atoms with E-state index in [4.69, 9.17) is 0 Å². The molecule has 0 aliphatic carbocycles. The maximum Gasteiger partial charge on any atom is 0.123 e. The third kappa shape index (κ3) is 2.50. The molecule has 1 unspecified atom stereocenters. The maximum absolute atomic E-state index is 13.4. The van der Waals surface area contributed by atoms with Crippen LogP contribution >= 0.6 is 0 Å². The third-order valence-corrected chi connectivity index (χ3v) is 3.51. The number of rotatable bonds is 2. The first kappa shape index (κ1) is 12.7. The Bertz CT molecular complexity index is 668. The van der Waals surface area contributed by atoms with Gasteiger partial charge in [0.05, 0.1) is 6.04 Å². The minimum atomic E-state index is -0.206. The number of halogens is 1. The lowest BCUT2D eigenvalue weighted by molar-refractivity contribution is 0.621. The van der Waals surface area contributed by atoms with Gasteiger partial charge in [0, 0.05) is 0 Å². The van der Waals surface area contributed by atoms with E-state index in [2.05, 4.69) is 42.6 Å². The molecule has 2 aromatic rings. The fraction of sp³-hybridized carbons (Fsp3) is 0.111. The van der Waals surface area contributed by atoms with Crippen molar-refractivity contribution in [3.05, 3.63) is 89.4 Å². The minimum absolute atomic E-state index is 0.0154. The van der Waals surface area contributed by atoms with Crippen LogP contribution in [0.5, 0.6) is 0 Å². The summed E-state index contributed by atoms with van der Waals surface area (Å²) in [7, 11) is 0. The van der Waals surface area contributed by atoms with Crippen LogP contribution in [0.25, 0.3) is 5.57 Å². The summed E-state index contributed by atoms with van der Waals surface area (Å²) >= 11 is 0. The summed E-state index contributed by atoms with van der Waals surface area (Å²) in [6.45, 7) is 2.07. The number of allylic oxidation sites excluding steroid dienone is 2. The molecule has 0 amide bonds. The zero-order valence-electron chi connectivity index (χ0n) is 11.3. The Morgan fingerprint density at radius 1 is 1.05 bits per heavy atom. The molecular formula is C18H16FN. The number of hydrogen-bond donors (Lipinski definition) is 1. The van der Waals surface area contributed by atoms with Crippen molar-refractivity contribution in [2.24, 2.45) is 0 Å². The van der Waals surface area contributed by atoms with Gasteiger partial charge in [0.2, 0.25) is 0 Å². The summed E-state index contributed by atoms with van der Waals surface area (Å²) in [6, 6.07) is 15.1. The third-order valence-electron chi connectivity index (χ3n) is 3.51. The van der Waals surface area contributed by atoms with E-state index < -0.39 is 0 Å². The van der Waals surface area contributed by atoms with Crippen molar-refractivity contribution in [2.45, 2.75) is 13.0 Å². The first-order valence-corrected chi connectivity index (χ1v) is 6.69. The molecule has 0 saturated heterocycles. The SMILES string of the molecule is Cc1ccc(C2=CC=CNC2c2cccc(F)c2)cc1. The predicted octanol–water partition coefficient (Wildman–Crippen LogP) is 4.38. The van der Waals surface area contributed by atoms with Gasteiger partial charge in [-0.1, -0.05) is 48.0 Å². The van der Waals surface area contributed by atoms with Gasteiger partial charge in [0.25, 0.3) is 0 Å². The van der Waals surface area contributed by atoms with Gasteiger partial charge in [0.15, 0.2) is 0 Å². The largest absolute Gasteiger partial charge is 0.380 e. The number of hydrogen-bond acceptors (Lipinski definition) is 1. The number of dihydropyridines is 1. The van der Waals surface area contributed by atoms with Crippen LogP contribution in [0.2, 0.25) is 0 Å². The Morgan fingerprint density at radius 3 is 2.60 bits per heavy atom. The molecule has 0 spiro atoms. The van der Waals surface area contributed by atoms with Crippen molar-refractivity contribution in [2.75, 3.05) is 0 Å². The lowest BCUT2D eigenvalue weighted by atomic mass is 9.91. The van der Waals surface area contributed by atoms with Crippen LogP contribution in [0, 0.1) is 12.7 Å². The van der Waals surface area contributed by atoms with Gasteiger partial charge in [-0.05, 0) is 48.0 Å². The van der Waals surface area contributed by atoms with Crippen molar-refractivity contribution in [3.63, 3.8) is 0 Å². The highest BCUT2D eigenvalue weighted by Crippen LogP contribution is 2.32. The molecule has 0 aromatic heterocycles. The van der Waals surface area contributed by atoms with Crippen molar-refractivity contribution in [1.29, 1.82) is 0 Å². The van der Waals surface area contributed by atoms with E-state index in [-0.39, 0.29) is 11.9 Å². The molecule has 0 radical (unpaired) electrons. The fourth-order valence-electron chi connectivity index (χ4n) is 2.46. The highest BCUT2D eigenvalue weighted by molar-refractivity contribution is 5.73. The van der Waals surface area contributed by atoms with Crippen molar-refractivity contribution < 1.29 is 4.39 Å². The van der Waals surface area contributed by atoms with Gasteiger partial charge in [-0.15, -0.1) is 0 Å². The summed E-state index contributed by atoms with van der Waals surface area (Å²) in [6.07, 6.45) is 5.95. The van der Waals surface area contributed by atoms with Gasteiger partial charge in [0.1, 0.15) is 5.82 Å². The summed E-state index contributed by atoms with van der Waals surface area (Å²) in [5, 5.41) is 3.31.